The molecule has 7 nitrogen and oxygen atoms in total. The van der Waals surface area contributed by atoms with Gasteiger partial charge in [0.15, 0.2) is 12.5 Å². The fourth-order valence-electron chi connectivity index (χ4n) is 3.55. The summed E-state index contributed by atoms with van der Waals surface area (Å²) in [5.41, 5.74) is 2.57. The number of nitrogens with one attached hydrogen (secondary N) is 1. The van der Waals surface area contributed by atoms with Crippen LogP contribution in [0.2, 0.25) is 0 Å². The fourth-order valence-corrected chi connectivity index (χ4v) is 3.55. The maximum Gasteiger partial charge on any atom is 0.222 e. The topological polar surface area (TPSA) is 85.1 Å². The van der Waals surface area contributed by atoms with Crippen LogP contribution in [0.4, 0.5) is 15.8 Å². The SMILES string of the molecule is CC(C)CNc1ccc2c(c1)c(N=O)c(O)n2Cc1cc(F)cc2c1OCOC2. The zero-order chi connectivity index (χ0) is 20.5. The van der Waals surface area contributed by atoms with E-state index in [4.69, 9.17) is 9.47 Å². The molecule has 1 aliphatic heterocycles. The molecule has 2 heterocycles. The lowest BCUT2D eigenvalue weighted by atomic mass is 10.1. The first-order chi connectivity index (χ1) is 14.0. The Morgan fingerprint density at radius 2 is 2.14 bits per heavy atom. The number of rotatable bonds is 6. The van der Waals surface area contributed by atoms with E-state index in [2.05, 4.69) is 24.3 Å². The van der Waals surface area contributed by atoms with E-state index in [1.807, 2.05) is 12.1 Å². The first kappa shape index (κ1) is 19.2. The van der Waals surface area contributed by atoms with Crippen LogP contribution in [0.5, 0.6) is 11.6 Å². The molecule has 0 spiro atoms. The van der Waals surface area contributed by atoms with E-state index in [0.717, 1.165) is 12.2 Å². The highest BCUT2D eigenvalue weighted by molar-refractivity contribution is 5.97. The third kappa shape index (κ3) is 3.63. The van der Waals surface area contributed by atoms with Crippen LogP contribution >= 0.6 is 0 Å². The van der Waals surface area contributed by atoms with Crippen LogP contribution in [0.1, 0.15) is 25.0 Å². The minimum atomic E-state index is -0.419. The quantitative estimate of drug-likeness (QED) is 0.578. The number of hydrogen-bond donors (Lipinski definition) is 2. The lowest BCUT2D eigenvalue weighted by Crippen LogP contribution is -2.14. The lowest BCUT2D eigenvalue weighted by Gasteiger charge is -2.21. The lowest BCUT2D eigenvalue weighted by molar-refractivity contribution is -0.0173. The van der Waals surface area contributed by atoms with Crippen molar-refractivity contribution in [1.82, 2.24) is 4.57 Å². The van der Waals surface area contributed by atoms with Gasteiger partial charge >= 0.3 is 0 Å². The van der Waals surface area contributed by atoms with Crippen molar-refractivity contribution in [2.45, 2.75) is 27.0 Å². The third-order valence-corrected chi connectivity index (χ3v) is 4.90. The van der Waals surface area contributed by atoms with Gasteiger partial charge in [0.1, 0.15) is 11.6 Å². The molecule has 2 N–H and O–H groups in total. The highest BCUT2D eigenvalue weighted by Gasteiger charge is 2.22. The molecule has 8 heteroatoms. The molecule has 4 rings (SSSR count). The Labute approximate surface area is 167 Å². The van der Waals surface area contributed by atoms with Crippen molar-refractivity contribution in [3.63, 3.8) is 0 Å². The molecule has 0 saturated carbocycles. The van der Waals surface area contributed by atoms with Crippen molar-refractivity contribution in [2.24, 2.45) is 11.1 Å². The van der Waals surface area contributed by atoms with Gasteiger partial charge in [-0.05, 0) is 41.4 Å². The molecule has 0 amide bonds. The summed E-state index contributed by atoms with van der Waals surface area (Å²) in [6.07, 6.45) is 0. The number of anilines is 1. The summed E-state index contributed by atoms with van der Waals surface area (Å²) in [6.45, 7) is 5.42. The summed E-state index contributed by atoms with van der Waals surface area (Å²) in [7, 11) is 0. The smallest absolute Gasteiger partial charge is 0.222 e. The summed E-state index contributed by atoms with van der Waals surface area (Å²) in [5, 5.41) is 17.5. The van der Waals surface area contributed by atoms with Crippen LogP contribution in [0.3, 0.4) is 0 Å². The summed E-state index contributed by atoms with van der Waals surface area (Å²) in [4.78, 5) is 11.4. The van der Waals surface area contributed by atoms with Gasteiger partial charge in [-0.2, -0.15) is 0 Å². The van der Waals surface area contributed by atoms with Gasteiger partial charge in [0.05, 0.1) is 18.7 Å². The summed E-state index contributed by atoms with van der Waals surface area (Å²) >= 11 is 0. The molecule has 152 valence electrons. The highest BCUT2D eigenvalue weighted by atomic mass is 19.1. The number of halogens is 1. The van der Waals surface area contributed by atoms with Crippen molar-refractivity contribution in [3.8, 4) is 11.6 Å². The normalized spacial score (nSPS) is 13.4. The van der Waals surface area contributed by atoms with Crippen LogP contribution in [0.15, 0.2) is 35.5 Å². The van der Waals surface area contributed by atoms with Crippen LogP contribution in [0.25, 0.3) is 10.9 Å². The number of fused-ring (bicyclic) bond motifs is 2. The molecule has 29 heavy (non-hydrogen) atoms. The molecule has 1 aromatic heterocycles. The number of nitrogens with zero attached hydrogens (tertiary/aromatic N) is 2. The van der Waals surface area contributed by atoms with Gasteiger partial charge in [0.2, 0.25) is 5.88 Å². The molecule has 1 aliphatic rings. The van der Waals surface area contributed by atoms with Crippen molar-refractivity contribution >= 4 is 22.3 Å². The van der Waals surface area contributed by atoms with E-state index in [1.165, 1.54) is 16.7 Å². The molecule has 0 saturated heterocycles. The molecule has 0 bridgehead atoms. The molecule has 0 radical (unpaired) electrons. The number of ether oxygens (including phenoxy) is 2. The van der Waals surface area contributed by atoms with Gasteiger partial charge in [-0.25, -0.2) is 4.39 Å². The van der Waals surface area contributed by atoms with E-state index in [-0.39, 0.29) is 31.5 Å². The number of aromatic hydroxyl groups is 1. The molecular formula is C21H22FN3O4. The van der Waals surface area contributed by atoms with Crippen molar-refractivity contribution < 1.29 is 19.0 Å². The van der Waals surface area contributed by atoms with Crippen LogP contribution in [-0.4, -0.2) is 23.0 Å². The second kappa shape index (κ2) is 7.71. The standard InChI is InChI=1S/C21H22FN3O4/c1-12(2)8-23-16-3-4-18-17(7-16)19(24-27)21(26)25(18)9-13-5-15(22)6-14-10-28-11-29-20(13)14/h3-7,12,23,26H,8-11H2,1-2H3. The van der Waals surface area contributed by atoms with E-state index in [0.29, 0.717) is 33.7 Å². The Hall–Kier alpha value is -3.13. The monoisotopic (exact) mass is 399 g/mol. The first-order valence-electron chi connectivity index (χ1n) is 9.42. The van der Waals surface area contributed by atoms with Gasteiger partial charge in [-0.3, -0.25) is 0 Å². The predicted octanol–water partition coefficient (Wildman–Crippen LogP) is 4.87. The van der Waals surface area contributed by atoms with Gasteiger partial charge in [0.25, 0.3) is 0 Å². The van der Waals surface area contributed by atoms with Crippen LogP contribution in [-0.2, 0) is 17.9 Å². The van der Waals surface area contributed by atoms with Gasteiger partial charge < -0.3 is 24.5 Å². The largest absolute Gasteiger partial charge is 0.493 e. The highest BCUT2D eigenvalue weighted by Crippen LogP contribution is 2.41. The number of benzene rings is 2. The fraction of sp³-hybridized carbons (Fsp3) is 0.333. The number of aromatic nitrogens is 1. The molecular weight excluding hydrogens is 377 g/mol. The van der Waals surface area contributed by atoms with Gasteiger partial charge in [0, 0.05) is 28.7 Å². The zero-order valence-corrected chi connectivity index (χ0v) is 16.2. The zero-order valence-electron chi connectivity index (χ0n) is 16.2. The Morgan fingerprint density at radius 3 is 2.90 bits per heavy atom. The molecule has 3 aromatic rings. The van der Waals surface area contributed by atoms with Crippen LogP contribution in [0, 0.1) is 16.6 Å². The van der Waals surface area contributed by atoms with Crippen molar-refractivity contribution in [1.29, 1.82) is 0 Å². The van der Waals surface area contributed by atoms with Crippen molar-refractivity contribution in [3.05, 3.63) is 52.2 Å². The molecule has 2 aromatic carbocycles. The van der Waals surface area contributed by atoms with E-state index < -0.39 is 5.82 Å². The number of hydrogen-bond acceptors (Lipinski definition) is 6. The average molecular weight is 399 g/mol. The summed E-state index contributed by atoms with van der Waals surface area (Å²) < 4.78 is 26.4. The maximum atomic E-state index is 14.1. The second-order valence-electron chi connectivity index (χ2n) is 7.52. The Bertz CT molecular complexity index is 1080. The molecule has 0 unspecified atom stereocenters. The summed E-state index contributed by atoms with van der Waals surface area (Å²) in [5.74, 6) is 0.309. The van der Waals surface area contributed by atoms with Crippen molar-refractivity contribution in [2.75, 3.05) is 18.7 Å². The van der Waals surface area contributed by atoms with Gasteiger partial charge in [-0.15, -0.1) is 4.91 Å². The van der Waals surface area contributed by atoms with Gasteiger partial charge in [-0.1, -0.05) is 13.8 Å². The number of nitroso groups, excluding NO2 is 1. The molecule has 0 aliphatic carbocycles. The first-order valence-corrected chi connectivity index (χ1v) is 9.42. The third-order valence-electron chi connectivity index (χ3n) is 4.90. The Balaban J connectivity index is 1.78. The maximum absolute atomic E-state index is 14.1. The minimum Gasteiger partial charge on any atom is -0.493 e. The Kier molecular flexibility index (Phi) is 5.10. The molecule has 0 fully saturated rings. The minimum absolute atomic E-state index is 0.0391. The Morgan fingerprint density at radius 1 is 1.31 bits per heavy atom. The average Bonchev–Trinajstić information content (AvgIpc) is 2.96. The molecule has 0 atom stereocenters. The second-order valence-corrected chi connectivity index (χ2v) is 7.52. The predicted molar refractivity (Wildman–Crippen MR) is 108 cm³/mol. The van der Waals surface area contributed by atoms with E-state index in [9.17, 15) is 14.4 Å². The van der Waals surface area contributed by atoms with Crippen LogP contribution < -0.4 is 10.1 Å². The van der Waals surface area contributed by atoms with E-state index >= 15 is 0 Å². The summed E-state index contributed by atoms with van der Waals surface area (Å²) in [6, 6.07) is 8.21. The van der Waals surface area contributed by atoms with E-state index in [1.54, 1.807) is 6.07 Å².